The van der Waals surface area contributed by atoms with Crippen LogP contribution in [-0.4, -0.2) is 14.5 Å². The van der Waals surface area contributed by atoms with Crippen LogP contribution in [-0.2, 0) is 0 Å². The molecule has 2 rings (SSSR count). The molecular formula is C6H6N3P. The number of fused-ring (bicyclic) bond motifs is 1. The lowest BCUT2D eigenvalue weighted by Gasteiger charge is -1.88. The van der Waals surface area contributed by atoms with Gasteiger partial charge >= 0.3 is 0 Å². The Bertz CT molecular complexity index is 355. The molecule has 4 heteroatoms. The van der Waals surface area contributed by atoms with Gasteiger partial charge in [-0.15, -0.1) is 0 Å². The maximum atomic E-state index is 4.12. The first-order valence-electron chi connectivity index (χ1n) is 2.92. The van der Waals surface area contributed by atoms with Gasteiger partial charge in [-0.05, 0) is 21.5 Å². The molecule has 0 N–H and O–H groups in total. The molecule has 1 atom stereocenters. The van der Waals surface area contributed by atoms with Gasteiger partial charge in [0.25, 0.3) is 0 Å². The summed E-state index contributed by atoms with van der Waals surface area (Å²) in [5.41, 5.74) is 0.896. The van der Waals surface area contributed by atoms with Crippen LogP contribution >= 0.6 is 9.39 Å². The van der Waals surface area contributed by atoms with Gasteiger partial charge in [0.1, 0.15) is 0 Å². The van der Waals surface area contributed by atoms with Crippen LogP contribution in [0.1, 0.15) is 0 Å². The molecule has 0 aliphatic rings. The first-order chi connectivity index (χ1) is 4.88. The lowest BCUT2D eigenvalue weighted by Crippen LogP contribution is -1.81. The Kier molecular flexibility index (Phi) is 1.18. The van der Waals surface area contributed by atoms with Crippen molar-refractivity contribution >= 4 is 20.4 Å². The van der Waals surface area contributed by atoms with Crippen molar-refractivity contribution in [3.05, 3.63) is 24.5 Å². The van der Waals surface area contributed by atoms with Gasteiger partial charge in [-0.25, -0.2) is 9.44 Å². The fraction of sp³-hybridized carbons (Fsp3) is 0. The van der Waals surface area contributed by atoms with Gasteiger partial charge in [-0.1, -0.05) is 0 Å². The van der Waals surface area contributed by atoms with E-state index < -0.39 is 0 Å². The minimum Gasteiger partial charge on any atom is -0.237 e. The Morgan fingerprint density at radius 1 is 1.50 bits per heavy atom. The predicted molar refractivity (Wildman–Crippen MR) is 42.6 cm³/mol. The molecule has 0 saturated carbocycles. The third-order valence-corrected chi connectivity index (χ3v) is 1.73. The van der Waals surface area contributed by atoms with Crippen molar-refractivity contribution in [2.75, 3.05) is 0 Å². The zero-order chi connectivity index (χ0) is 6.97. The molecule has 2 aromatic heterocycles. The normalized spacial score (nSPS) is 10.5. The zero-order valence-electron chi connectivity index (χ0n) is 5.23. The minimum atomic E-state index is 0.896. The third-order valence-electron chi connectivity index (χ3n) is 1.36. The van der Waals surface area contributed by atoms with Crippen LogP contribution in [0.4, 0.5) is 0 Å². The first-order valence-corrected chi connectivity index (χ1v) is 3.43. The summed E-state index contributed by atoms with van der Waals surface area (Å²) < 4.78 is 1.68. The molecule has 0 aliphatic heterocycles. The van der Waals surface area contributed by atoms with E-state index in [4.69, 9.17) is 0 Å². The molecule has 50 valence electrons. The molecule has 2 heterocycles. The van der Waals surface area contributed by atoms with E-state index in [2.05, 4.69) is 19.5 Å². The molecule has 2 aromatic rings. The second-order valence-corrected chi connectivity index (χ2v) is 2.49. The van der Waals surface area contributed by atoms with Crippen LogP contribution in [0.25, 0.3) is 11.0 Å². The van der Waals surface area contributed by atoms with Gasteiger partial charge in [0.15, 0.2) is 5.65 Å². The van der Waals surface area contributed by atoms with E-state index in [0.717, 1.165) is 11.0 Å². The van der Waals surface area contributed by atoms with Crippen molar-refractivity contribution in [2.45, 2.75) is 0 Å². The third kappa shape index (κ3) is 0.711. The Morgan fingerprint density at radius 3 is 3.20 bits per heavy atom. The number of rotatable bonds is 0. The molecule has 0 fully saturated rings. The van der Waals surface area contributed by atoms with Gasteiger partial charge in [0, 0.05) is 11.6 Å². The highest BCUT2D eigenvalue weighted by molar-refractivity contribution is 7.14. The van der Waals surface area contributed by atoms with Gasteiger partial charge in [0.05, 0.1) is 6.20 Å². The maximum absolute atomic E-state index is 4.12. The number of nitrogens with zero attached hydrogens (tertiary/aromatic N) is 3. The largest absolute Gasteiger partial charge is 0.237 e. The molecule has 0 aromatic carbocycles. The lowest BCUT2D eigenvalue weighted by atomic mass is 10.4. The van der Waals surface area contributed by atoms with Crippen molar-refractivity contribution in [1.29, 1.82) is 0 Å². The zero-order valence-corrected chi connectivity index (χ0v) is 6.38. The maximum Gasteiger partial charge on any atom is 0.160 e. The summed E-state index contributed by atoms with van der Waals surface area (Å²) in [6.07, 6.45) is 3.54. The van der Waals surface area contributed by atoms with Gasteiger partial charge in [-0.2, -0.15) is 5.10 Å². The quantitative estimate of drug-likeness (QED) is 0.527. The molecule has 0 bridgehead atoms. The number of pyridine rings is 1. The molecule has 0 aliphatic carbocycles. The molecule has 1 unspecified atom stereocenters. The number of hydrogen-bond acceptors (Lipinski definition) is 2. The molecule has 0 radical (unpaired) electrons. The van der Waals surface area contributed by atoms with Crippen LogP contribution < -0.4 is 0 Å². The molecule has 10 heavy (non-hydrogen) atoms. The van der Waals surface area contributed by atoms with E-state index in [0.29, 0.717) is 0 Å². The van der Waals surface area contributed by atoms with Crippen molar-refractivity contribution in [2.24, 2.45) is 0 Å². The summed E-state index contributed by atoms with van der Waals surface area (Å²) in [6.45, 7) is 0. The highest BCUT2D eigenvalue weighted by atomic mass is 31.0. The number of hydrogen-bond donors (Lipinski definition) is 0. The molecule has 0 amide bonds. The minimum absolute atomic E-state index is 0.896. The van der Waals surface area contributed by atoms with Crippen molar-refractivity contribution in [3.63, 3.8) is 0 Å². The van der Waals surface area contributed by atoms with Gasteiger partial charge in [-0.3, -0.25) is 0 Å². The highest BCUT2D eigenvalue weighted by Crippen LogP contribution is 2.10. The van der Waals surface area contributed by atoms with Crippen LogP contribution in [0.2, 0.25) is 0 Å². The smallest absolute Gasteiger partial charge is 0.160 e. The standard InChI is InChI=1S/C6H6N3P/c10-9-6-5(4-8-9)2-1-3-7-6/h1-4H,10H2. The summed E-state index contributed by atoms with van der Waals surface area (Å²) in [5, 5.41) is 5.08. The Morgan fingerprint density at radius 2 is 2.40 bits per heavy atom. The Balaban J connectivity index is 2.93. The number of aromatic nitrogens is 3. The molecular weight excluding hydrogens is 145 g/mol. The van der Waals surface area contributed by atoms with E-state index in [9.17, 15) is 0 Å². The fourth-order valence-electron chi connectivity index (χ4n) is 0.881. The van der Waals surface area contributed by atoms with E-state index in [1.54, 1.807) is 16.8 Å². The van der Waals surface area contributed by atoms with Crippen LogP contribution in [0.3, 0.4) is 0 Å². The molecule has 0 spiro atoms. The van der Waals surface area contributed by atoms with Crippen LogP contribution in [0.5, 0.6) is 0 Å². The van der Waals surface area contributed by atoms with E-state index >= 15 is 0 Å². The summed E-state index contributed by atoms with van der Waals surface area (Å²) in [4.78, 5) is 4.12. The summed E-state index contributed by atoms with van der Waals surface area (Å²) in [5.74, 6) is 0. The van der Waals surface area contributed by atoms with Crippen molar-refractivity contribution < 1.29 is 0 Å². The fourth-order valence-corrected chi connectivity index (χ4v) is 1.16. The second kappa shape index (κ2) is 2.03. The highest BCUT2D eigenvalue weighted by Gasteiger charge is 1.95. The van der Waals surface area contributed by atoms with Crippen molar-refractivity contribution in [1.82, 2.24) is 14.5 Å². The first kappa shape index (κ1) is 5.81. The van der Waals surface area contributed by atoms with Crippen LogP contribution in [0, 0.1) is 0 Å². The topological polar surface area (TPSA) is 30.7 Å². The Labute approximate surface area is 60.3 Å². The van der Waals surface area contributed by atoms with E-state index in [1.807, 2.05) is 12.1 Å². The monoisotopic (exact) mass is 151 g/mol. The van der Waals surface area contributed by atoms with Gasteiger partial charge < -0.3 is 0 Å². The lowest BCUT2D eigenvalue weighted by molar-refractivity contribution is 1.02. The van der Waals surface area contributed by atoms with Crippen LogP contribution in [0.15, 0.2) is 24.5 Å². The van der Waals surface area contributed by atoms with Gasteiger partial charge in [0.2, 0.25) is 0 Å². The van der Waals surface area contributed by atoms with E-state index in [1.165, 1.54) is 0 Å². The predicted octanol–water partition coefficient (Wildman–Crippen LogP) is 1.07. The summed E-state index contributed by atoms with van der Waals surface area (Å²) >= 11 is 0. The summed E-state index contributed by atoms with van der Waals surface area (Å²) in [6, 6.07) is 3.88. The molecule has 3 nitrogen and oxygen atoms in total. The Hall–Kier alpha value is -0.950. The SMILES string of the molecule is Pn1ncc2cccnc21. The average Bonchev–Trinajstić information content (AvgIpc) is 2.34. The van der Waals surface area contributed by atoms with E-state index in [-0.39, 0.29) is 0 Å². The molecule has 0 saturated heterocycles. The average molecular weight is 151 g/mol. The second-order valence-electron chi connectivity index (χ2n) is 2.01. The van der Waals surface area contributed by atoms with Crippen molar-refractivity contribution in [3.8, 4) is 0 Å². The summed E-state index contributed by atoms with van der Waals surface area (Å²) in [7, 11) is 2.47.